The van der Waals surface area contributed by atoms with Gasteiger partial charge in [0, 0.05) is 30.2 Å². The number of benzene rings is 2. The number of anilines is 2. The Morgan fingerprint density at radius 1 is 0.885 bits per heavy atom. The molecule has 0 fully saturated rings. The summed E-state index contributed by atoms with van der Waals surface area (Å²) in [6, 6.07) is 13.3. The summed E-state index contributed by atoms with van der Waals surface area (Å²) in [5.41, 5.74) is 1.91. The lowest BCUT2D eigenvalue weighted by molar-refractivity contribution is -0.120. The molecule has 26 heavy (non-hydrogen) atoms. The fourth-order valence-electron chi connectivity index (χ4n) is 2.48. The minimum Gasteiger partial charge on any atom is -0.349 e. The second-order valence-electron chi connectivity index (χ2n) is 5.79. The number of hydrogen-bond donors (Lipinski definition) is 3. The first-order valence-corrected chi connectivity index (χ1v) is 8.42. The molecule has 136 valence electrons. The van der Waals surface area contributed by atoms with E-state index in [0.29, 0.717) is 22.0 Å². The molecule has 0 aliphatic carbocycles. The Balaban J connectivity index is 2.06. The van der Waals surface area contributed by atoms with Crippen LogP contribution in [-0.4, -0.2) is 17.7 Å². The van der Waals surface area contributed by atoms with Crippen LogP contribution in [-0.2, 0) is 14.4 Å². The van der Waals surface area contributed by atoms with Gasteiger partial charge in [-0.2, -0.15) is 0 Å². The number of carbonyl (C=O) groups is 3. The van der Waals surface area contributed by atoms with Crippen molar-refractivity contribution in [1.82, 2.24) is 5.32 Å². The molecule has 3 amide bonds. The highest BCUT2D eigenvalue weighted by Gasteiger charge is 2.19. The number of amides is 3. The molecule has 7 heteroatoms. The highest BCUT2D eigenvalue weighted by atomic mass is 35.5. The third-order valence-corrected chi connectivity index (χ3v) is 3.88. The van der Waals surface area contributed by atoms with E-state index in [1.807, 2.05) is 0 Å². The normalized spacial score (nSPS) is 11.3. The lowest BCUT2D eigenvalue weighted by Crippen LogP contribution is -2.30. The summed E-state index contributed by atoms with van der Waals surface area (Å²) in [7, 11) is 0. The molecule has 0 bridgehead atoms. The van der Waals surface area contributed by atoms with E-state index in [-0.39, 0.29) is 24.1 Å². The number of nitrogens with one attached hydrogen (secondary N) is 3. The van der Waals surface area contributed by atoms with Crippen molar-refractivity contribution >= 4 is 40.7 Å². The predicted octanol–water partition coefficient (Wildman–Crippen LogP) is 3.50. The number of halogens is 1. The third kappa shape index (κ3) is 5.89. The summed E-state index contributed by atoms with van der Waals surface area (Å²) in [5.74, 6) is -0.682. The third-order valence-electron chi connectivity index (χ3n) is 3.54. The summed E-state index contributed by atoms with van der Waals surface area (Å²) in [6.07, 6.45) is 0.0385. The summed E-state index contributed by atoms with van der Waals surface area (Å²) in [4.78, 5) is 34.9. The van der Waals surface area contributed by atoms with Gasteiger partial charge in [0.15, 0.2) is 0 Å². The van der Waals surface area contributed by atoms with E-state index in [9.17, 15) is 14.4 Å². The highest BCUT2D eigenvalue weighted by Crippen LogP contribution is 2.25. The lowest BCUT2D eigenvalue weighted by atomic mass is 10.0. The second kappa shape index (κ2) is 9.01. The Labute approximate surface area is 156 Å². The maximum absolute atomic E-state index is 12.4. The minimum absolute atomic E-state index is 0.0385. The molecule has 0 aliphatic heterocycles. The highest BCUT2D eigenvalue weighted by molar-refractivity contribution is 6.31. The summed E-state index contributed by atoms with van der Waals surface area (Å²) in [5, 5.41) is 8.66. The van der Waals surface area contributed by atoms with Crippen molar-refractivity contribution in [1.29, 1.82) is 0 Å². The van der Waals surface area contributed by atoms with Gasteiger partial charge in [-0.3, -0.25) is 14.4 Å². The van der Waals surface area contributed by atoms with E-state index in [2.05, 4.69) is 16.0 Å². The van der Waals surface area contributed by atoms with Crippen LogP contribution in [0.4, 0.5) is 11.4 Å². The van der Waals surface area contributed by atoms with Crippen molar-refractivity contribution < 1.29 is 14.4 Å². The van der Waals surface area contributed by atoms with E-state index in [1.54, 1.807) is 48.5 Å². The molecule has 1 atom stereocenters. The number of carbonyl (C=O) groups excluding carboxylic acids is 3. The molecule has 0 radical (unpaired) electrons. The fraction of sp³-hybridized carbons (Fsp3) is 0.211. The summed E-state index contributed by atoms with van der Waals surface area (Å²) < 4.78 is 0. The van der Waals surface area contributed by atoms with Crippen molar-refractivity contribution in [2.24, 2.45) is 0 Å². The van der Waals surface area contributed by atoms with Crippen molar-refractivity contribution in [3.05, 3.63) is 59.1 Å². The zero-order valence-corrected chi connectivity index (χ0v) is 15.3. The van der Waals surface area contributed by atoms with Crippen molar-refractivity contribution in [3.8, 4) is 0 Å². The maximum atomic E-state index is 12.4. The van der Waals surface area contributed by atoms with Gasteiger partial charge in [-0.1, -0.05) is 29.8 Å². The van der Waals surface area contributed by atoms with Gasteiger partial charge in [0.1, 0.15) is 0 Å². The number of hydrogen-bond acceptors (Lipinski definition) is 3. The van der Waals surface area contributed by atoms with Gasteiger partial charge in [-0.05, 0) is 35.9 Å². The zero-order valence-electron chi connectivity index (χ0n) is 14.5. The summed E-state index contributed by atoms with van der Waals surface area (Å²) in [6.45, 7) is 2.81. The zero-order chi connectivity index (χ0) is 19.1. The van der Waals surface area contributed by atoms with Crippen LogP contribution in [0.1, 0.15) is 31.9 Å². The molecule has 2 aromatic carbocycles. The first-order valence-electron chi connectivity index (χ1n) is 8.04. The molecule has 0 saturated heterocycles. The van der Waals surface area contributed by atoms with Crippen LogP contribution < -0.4 is 16.0 Å². The Hall–Kier alpha value is -2.86. The Kier molecular flexibility index (Phi) is 6.74. The molecule has 6 nitrogen and oxygen atoms in total. The molecule has 0 heterocycles. The quantitative estimate of drug-likeness (QED) is 0.724. The average Bonchev–Trinajstić information content (AvgIpc) is 2.55. The average molecular weight is 374 g/mol. The van der Waals surface area contributed by atoms with Gasteiger partial charge in [-0.15, -0.1) is 0 Å². The van der Waals surface area contributed by atoms with Crippen molar-refractivity contribution in [3.63, 3.8) is 0 Å². The molecule has 3 N–H and O–H groups in total. The smallest absolute Gasteiger partial charge is 0.226 e. The van der Waals surface area contributed by atoms with Crippen LogP contribution >= 0.6 is 11.6 Å². The topological polar surface area (TPSA) is 87.3 Å². The van der Waals surface area contributed by atoms with Crippen LogP contribution in [0.2, 0.25) is 5.02 Å². The Morgan fingerprint density at radius 2 is 1.46 bits per heavy atom. The van der Waals surface area contributed by atoms with Crippen LogP contribution in [0.15, 0.2) is 48.5 Å². The van der Waals surface area contributed by atoms with Crippen LogP contribution in [0.5, 0.6) is 0 Å². The molecule has 0 aliphatic rings. The molecule has 0 unspecified atom stereocenters. The fourth-order valence-corrected chi connectivity index (χ4v) is 2.75. The van der Waals surface area contributed by atoms with Gasteiger partial charge in [0.25, 0.3) is 0 Å². The van der Waals surface area contributed by atoms with Gasteiger partial charge in [0.05, 0.1) is 12.5 Å². The van der Waals surface area contributed by atoms with Crippen molar-refractivity contribution in [2.75, 3.05) is 10.6 Å². The van der Waals surface area contributed by atoms with Crippen LogP contribution in [0.3, 0.4) is 0 Å². The maximum Gasteiger partial charge on any atom is 0.226 e. The molecule has 2 rings (SSSR count). The predicted molar refractivity (Wildman–Crippen MR) is 102 cm³/mol. The van der Waals surface area contributed by atoms with Gasteiger partial charge >= 0.3 is 0 Å². The van der Waals surface area contributed by atoms with Gasteiger partial charge in [0.2, 0.25) is 17.7 Å². The molecular weight excluding hydrogens is 354 g/mol. The summed E-state index contributed by atoms with van der Waals surface area (Å²) >= 11 is 6.19. The van der Waals surface area contributed by atoms with E-state index in [1.165, 1.54) is 13.8 Å². The SMILES string of the molecule is CC(=O)Nc1ccc(NC(=O)C[C@@H](NC(C)=O)c2ccccc2Cl)cc1. The van der Waals surface area contributed by atoms with Crippen LogP contribution in [0, 0.1) is 0 Å². The van der Waals surface area contributed by atoms with E-state index in [4.69, 9.17) is 11.6 Å². The van der Waals surface area contributed by atoms with E-state index < -0.39 is 6.04 Å². The lowest BCUT2D eigenvalue weighted by Gasteiger charge is -2.19. The monoisotopic (exact) mass is 373 g/mol. The first-order chi connectivity index (χ1) is 12.3. The Bertz CT molecular complexity index is 806. The van der Waals surface area contributed by atoms with E-state index >= 15 is 0 Å². The van der Waals surface area contributed by atoms with E-state index in [0.717, 1.165) is 0 Å². The molecule has 0 aromatic heterocycles. The van der Waals surface area contributed by atoms with Crippen molar-refractivity contribution in [2.45, 2.75) is 26.3 Å². The number of rotatable bonds is 6. The Morgan fingerprint density at radius 3 is 2.00 bits per heavy atom. The second-order valence-corrected chi connectivity index (χ2v) is 6.19. The standard InChI is InChI=1S/C19H20ClN3O3/c1-12(24)21-14-7-9-15(10-8-14)23-19(26)11-18(22-13(2)25)16-5-3-4-6-17(16)20/h3-10,18H,11H2,1-2H3,(H,21,24)(H,22,25)(H,23,26)/t18-/m1/s1. The minimum atomic E-state index is -0.528. The van der Waals surface area contributed by atoms with Gasteiger partial charge < -0.3 is 16.0 Å². The molecule has 0 saturated carbocycles. The molecular formula is C19H20ClN3O3. The largest absolute Gasteiger partial charge is 0.349 e. The van der Waals surface area contributed by atoms with Gasteiger partial charge in [-0.25, -0.2) is 0 Å². The van der Waals surface area contributed by atoms with Crippen LogP contribution in [0.25, 0.3) is 0 Å². The molecule has 2 aromatic rings. The first kappa shape index (κ1) is 19.5. The molecule has 0 spiro atoms.